The number of hydrogen-bond donors (Lipinski definition) is 0. The maximum Gasteiger partial charge on any atom is 0.271 e. The van der Waals surface area contributed by atoms with E-state index in [2.05, 4.69) is 0 Å². The number of anilines is 1. The molecule has 0 unspecified atom stereocenters. The van der Waals surface area contributed by atoms with Crippen LogP contribution in [0.5, 0.6) is 0 Å². The second-order valence-electron chi connectivity index (χ2n) is 7.60. The van der Waals surface area contributed by atoms with Gasteiger partial charge in [-0.05, 0) is 43.4 Å². The van der Waals surface area contributed by atoms with Crippen molar-refractivity contribution in [2.75, 3.05) is 24.5 Å². The van der Waals surface area contributed by atoms with Crippen molar-refractivity contribution in [2.45, 2.75) is 25.7 Å². The molecular formula is C22H23N3O4. The zero-order valence-corrected chi connectivity index (χ0v) is 16.1. The van der Waals surface area contributed by atoms with Crippen LogP contribution in [0, 0.1) is 16.0 Å². The Morgan fingerprint density at radius 2 is 1.72 bits per heavy atom. The van der Waals surface area contributed by atoms with Gasteiger partial charge in [-0.15, -0.1) is 0 Å². The lowest BCUT2D eigenvalue weighted by Gasteiger charge is -2.36. The van der Waals surface area contributed by atoms with Crippen molar-refractivity contribution in [3.8, 4) is 0 Å². The molecule has 0 aromatic heterocycles. The maximum absolute atomic E-state index is 13.2. The summed E-state index contributed by atoms with van der Waals surface area (Å²) in [4.78, 5) is 40.0. The fourth-order valence-corrected chi connectivity index (χ4v) is 4.22. The molecule has 2 heterocycles. The first-order valence-corrected chi connectivity index (χ1v) is 9.97. The van der Waals surface area contributed by atoms with E-state index in [4.69, 9.17) is 0 Å². The first-order valence-electron chi connectivity index (χ1n) is 9.97. The van der Waals surface area contributed by atoms with Gasteiger partial charge in [-0.25, -0.2) is 0 Å². The molecule has 0 aliphatic carbocycles. The Labute approximate surface area is 169 Å². The Kier molecular flexibility index (Phi) is 5.29. The summed E-state index contributed by atoms with van der Waals surface area (Å²) in [5.41, 5.74) is 2.31. The number of benzene rings is 2. The van der Waals surface area contributed by atoms with E-state index in [1.165, 1.54) is 12.1 Å². The fourth-order valence-electron chi connectivity index (χ4n) is 4.22. The van der Waals surface area contributed by atoms with Gasteiger partial charge in [0.25, 0.3) is 11.6 Å². The quantitative estimate of drug-likeness (QED) is 0.591. The molecule has 1 fully saturated rings. The number of non-ortho nitro benzene ring substituents is 1. The molecule has 150 valence electrons. The molecule has 0 atom stereocenters. The van der Waals surface area contributed by atoms with Crippen molar-refractivity contribution in [3.63, 3.8) is 0 Å². The van der Waals surface area contributed by atoms with Crippen molar-refractivity contribution in [1.29, 1.82) is 0 Å². The van der Waals surface area contributed by atoms with E-state index in [0.29, 0.717) is 43.7 Å². The van der Waals surface area contributed by atoms with E-state index in [1.807, 2.05) is 18.2 Å². The van der Waals surface area contributed by atoms with Crippen molar-refractivity contribution < 1.29 is 14.5 Å². The Bertz CT molecular complexity index is 936. The molecule has 29 heavy (non-hydrogen) atoms. The Balaban J connectivity index is 1.45. The fraction of sp³-hybridized carbons (Fsp3) is 0.364. The lowest BCUT2D eigenvalue weighted by atomic mass is 9.92. The SMILES string of the molecule is O=C(c1ccccc1)N1CCC(C(=O)N2CCCc3ccc([N+](=O)[O-])cc32)CC1. The highest BCUT2D eigenvalue weighted by molar-refractivity contribution is 5.97. The minimum Gasteiger partial charge on any atom is -0.339 e. The average molecular weight is 393 g/mol. The minimum atomic E-state index is -0.425. The number of nitro benzene ring substituents is 1. The van der Waals surface area contributed by atoms with Crippen molar-refractivity contribution >= 4 is 23.2 Å². The van der Waals surface area contributed by atoms with Crippen LogP contribution in [-0.4, -0.2) is 41.3 Å². The summed E-state index contributed by atoms with van der Waals surface area (Å²) in [6, 6.07) is 13.9. The number of rotatable bonds is 3. The standard InChI is InChI=1S/C22H23N3O4/c26-21(17-5-2-1-3-6-17)23-13-10-18(11-14-23)22(27)24-12-4-7-16-8-9-19(25(28)29)15-20(16)24/h1-3,5-6,8-9,15,18H,4,7,10-14H2. The summed E-state index contributed by atoms with van der Waals surface area (Å²) in [5.74, 6) is -0.159. The lowest BCUT2D eigenvalue weighted by Crippen LogP contribution is -2.45. The molecule has 2 aromatic rings. The van der Waals surface area contributed by atoms with Gasteiger partial charge >= 0.3 is 0 Å². The smallest absolute Gasteiger partial charge is 0.271 e. The van der Waals surface area contributed by atoms with Crippen LogP contribution in [0.3, 0.4) is 0 Å². The first-order chi connectivity index (χ1) is 14.0. The third kappa shape index (κ3) is 3.85. The van der Waals surface area contributed by atoms with E-state index in [1.54, 1.807) is 28.0 Å². The van der Waals surface area contributed by atoms with Crippen molar-refractivity contribution in [2.24, 2.45) is 5.92 Å². The van der Waals surface area contributed by atoms with Gasteiger partial charge in [0.1, 0.15) is 0 Å². The molecular weight excluding hydrogens is 370 g/mol. The van der Waals surface area contributed by atoms with Gasteiger partial charge in [0.15, 0.2) is 0 Å². The number of carbonyl (C=O) groups excluding carboxylic acids is 2. The Morgan fingerprint density at radius 1 is 1.00 bits per heavy atom. The molecule has 2 aromatic carbocycles. The zero-order valence-electron chi connectivity index (χ0n) is 16.1. The highest BCUT2D eigenvalue weighted by Crippen LogP contribution is 2.33. The average Bonchev–Trinajstić information content (AvgIpc) is 2.78. The summed E-state index contributed by atoms with van der Waals surface area (Å²) < 4.78 is 0. The molecule has 7 heteroatoms. The van der Waals surface area contributed by atoms with E-state index in [0.717, 1.165) is 18.4 Å². The number of likely N-dealkylation sites (tertiary alicyclic amines) is 1. The Hall–Kier alpha value is -3.22. The van der Waals surface area contributed by atoms with Crippen LogP contribution < -0.4 is 4.90 Å². The maximum atomic E-state index is 13.2. The molecule has 7 nitrogen and oxygen atoms in total. The summed E-state index contributed by atoms with van der Waals surface area (Å²) in [7, 11) is 0. The molecule has 0 saturated carbocycles. The van der Waals surface area contributed by atoms with E-state index in [9.17, 15) is 19.7 Å². The van der Waals surface area contributed by atoms with Gasteiger partial charge in [-0.2, -0.15) is 0 Å². The number of hydrogen-bond acceptors (Lipinski definition) is 4. The number of amides is 2. The van der Waals surface area contributed by atoms with Gasteiger partial charge in [0.2, 0.25) is 5.91 Å². The highest BCUT2D eigenvalue weighted by Gasteiger charge is 2.33. The summed E-state index contributed by atoms with van der Waals surface area (Å²) >= 11 is 0. The summed E-state index contributed by atoms with van der Waals surface area (Å²) in [6.45, 7) is 1.66. The number of carbonyl (C=O) groups is 2. The van der Waals surface area contributed by atoms with Crippen LogP contribution in [0.4, 0.5) is 11.4 Å². The monoisotopic (exact) mass is 393 g/mol. The summed E-state index contributed by atoms with van der Waals surface area (Å²) in [5, 5.41) is 11.1. The van der Waals surface area contributed by atoms with Crippen LogP contribution in [0.25, 0.3) is 0 Å². The second-order valence-corrected chi connectivity index (χ2v) is 7.60. The predicted octanol–water partition coefficient (Wildman–Crippen LogP) is 3.43. The Morgan fingerprint density at radius 3 is 2.41 bits per heavy atom. The number of nitro groups is 1. The number of nitrogens with zero attached hydrogens (tertiary/aromatic N) is 3. The lowest BCUT2D eigenvalue weighted by molar-refractivity contribution is -0.384. The largest absolute Gasteiger partial charge is 0.339 e. The third-order valence-corrected chi connectivity index (χ3v) is 5.82. The number of aryl methyl sites for hydroxylation is 1. The van der Waals surface area contributed by atoms with Gasteiger partial charge < -0.3 is 9.80 Å². The zero-order chi connectivity index (χ0) is 20.4. The highest BCUT2D eigenvalue weighted by atomic mass is 16.6. The summed E-state index contributed by atoms with van der Waals surface area (Å²) in [6.07, 6.45) is 2.89. The van der Waals surface area contributed by atoms with Crippen LogP contribution in [0.15, 0.2) is 48.5 Å². The van der Waals surface area contributed by atoms with Crippen molar-refractivity contribution in [1.82, 2.24) is 4.90 Å². The number of fused-ring (bicyclic) bond motifs is 1. The molecule has 0 N–H and O–H groups in total. The molecule has 2 amide bonds. The topological polar surface area (TPSA) is 83.8 Å². The van der Waals surface area contributed by atoms with Crippen LogP contribution in [0.1, 0.15) is 35.2 Å². The van der Waals surface area contributed by atoms with E-state index >= 15 is 0 Å². The second kappa shape index (κ2) is 8.03. The predicted molar refractivity (Wildman–Crippen MR) is 109 cm³/mol. The van der Waals surface area contributed by atoms with E-state index < -0.39 is 4.92 Å². The normalized spacial score (nSPS) is 17.0. The van der Waals surface area contributed by atoms with Gasteiger partial charge in [0, 0.05) is 43.2 Å². The number of piperidine rings is 1. The molecule has 1 saturated heterocycles. The molecule has 0 spiro atoms. The minimum absolute atomic E-state index is 0.00422. The third-order valence-electron chi connectivity index (χ3n) is 5.82. The molecule has 0 bridgehead atoms. The first kappa shape index (κ1) is 19.1. The van der Waals surface area contributed by atoms with Crippen LogP contribution in [-0.2, 0) is 11.2 Å². The van der Waals surface area contributed by atoms with Gasteiger partial charge in [-0.1, -0.05) is 24.3 Å². The molecule has 2 aliphatic heterocycles. The molecule has 0 radical (unpaired) electrons. The van der Waals surface area contributed by atoms with E-state index in [-0.39, 0.29) is 23.4 Å². The van der Waals surface area contributed by atoms with Crippen LogP contribution in [0.2, 0.25) is 0 Å². The van der Waals surface area contributed by atoms with Gasteiger partial charge in [-0.3, -0.25) is 19.7 Å². The van der Waals surface area contributed by atoms with Gasteiger partial charge in [0.05, 0.1) is 10.6 Å². The molecule has 4 rings (SSSR count). The van der Waals surface area contributed by atoms with Crippen LogP contribution >= 0.6 is 0 Å². The van der Waals surface area contributed by atoms with Crippen molar-refractivity contribution in [3.05, 3.63) is 69.8 Å². The molecule has 2 aliphatic rings.